The molecule has 3 amide bonds. The third-order valence-electron chi connectivity index (χ3n) is 4.07. The van der Waals surface area contributed by atoms with Crippen molar-refractivity contribution in [2.45, 2.75) is 12.6 Å². The van der Waals surface area contributed by atoms with Crippen molar-refractivity contribution in [3.8, 4) is 0 Å². The van der Waals surface area contributed by atoms with E-state index in [-0.39, 0.29) is 31.0 Å². The Labute approximate surface area is 130 Å². The highest BCUT2D eigenvalue weighted by Gasteiger charge is 2.44. The van der Waals surface area contributed by atoms with E-state index in [1.165, 1.54) is 0 Å². The van der Waals surface area contributed by atoms with Crippen LogP contribution in [0, 0.1) is 0 Å². The van der Waals surface area contributed by atoms with Gasteiger partial charge in [0, 0.05) is 13.1 Å². The van der Waals surface area contributed by atoms with Crippen LogP contribution in [0.2, 0.25) is 0 Å². The van der Waals surface area contributed by atoms with Gasteiger partial charge >= 0.3 is 6.09 Å². The molecule has 2 aliphatic rings. The van der Waals surface area contributed by atoms with Gasteiger partial charge in [0.05, 0.1) is 11.6 Å². The minimum atomic E-state index is -0.630. The summed E-state index contributed by atoms with van der Waals surface area (Å²) in [6.45, 7) is 0.512. The first-order chi connectivity index (χ1) is 11.1. The molecule has 2 saturated heterocycles. The molecule has 9 heteroatoms. The first-order valence-electron chi connectivity index (χ1n) is 7.18. The zero-order valence-corrected chi connectivity index (χ0v) is 12.1. The molecular weight excluding hydrogens is 302 g/mol. The SMILES string of the molecule is O=C(Cn1nnc2ccccc21)N1CC(N2C(=O)COC2=O)C1. The normalized spacial score (nSPS) is 18.4. The summed E-state index contributed by atoms with van der Waals surface area (Å²) in [6.07, 6.45) is -0.630. The quantitative estimate of drug-likeness (QED) is 0.766. The summed E-state index contributed by atoms with van der Waals surface area (Å²) in [5.74, 6) is -0.480. The van der Waals surface area contributed by atoms with Crippen LogP contribution in [0.5, 0.6) is 0 Å². The van der Waals surface area contributed by atoms with Crippen molar-refractivity contribution in [2.24, 2.45) is 0 Å². The van der Waals surface area contributed by atoms with Crippen LogP contribution in [0.1, 0.15) is 0 Å². The Morgan fingerprint density at radius 2 is 2.04 bits per heavy atom. The molecule has 0 bridgehead atoms. The Kier molecular flexibility index (Phi) is 3.00. The number of imide groups is 1. The lowest BCUT2D eigenvalue weighted by molar-refractivity contribution is -0.142. The second kappa shape index (κ2) is 5.04. The average Bonchev–Trinajstić information content (AvgIpc) is 3.04. The van der Waals surface area contributed by atoms with Crippen LogP contribution in [0.3, 0.4) is 0 Å². The Morgan fingerprint density at radius 3 is 2.78 bits per heavy atom. The van der Waals surface area contributed by atoms with Gasteiger partial charge in [0.25, 0.3) is 5.91 Å². The van der Waals surface area contributed by atoms with E-state index >= 15 is 0 Å². The smallest absolute Gasteiger partial charge is 0.417 e. The van der Waals surface area contributed by atoms with Crippen LogP contribution in [-0.4, -0.2) is 68.4 Å². The molecule has 9 nitrogen and oxygen atoms in total. The van der Waals surface area contributed by atoms with Crippen LogP contribution < -0.4 is 0 Å². The molecule has 0 radical (unpaired) electrons. The lowest BCUT2D eigenvalue weighted by Gasteiger charge is -2.41. The third kappa shape index (κ3) is 2.20. The molecule has 4 rings (SSSR count). The Hall–Kier alpha value is -2.97. The first-order valence-corrected chi connectivity index (χ1v) is 7.18. The number of amides is 3. The number of carbonyl (C=O) groups is 3. The van der Waals surface area contributed by atoms with Crippen molar-refractivity contribution < 1.29 is 19.1 Å². The Balaban J connectivity index is 1.40. The summed E-state index contributed by atoms with van der Waals surface area (Å²) < 4.78 is 6.22. The number of benzene rings is 1. The number of cyclic esters (lactones) is 1. The van der Waals surface area contributed by atoms with Gasteiger partial charge in [0.1, 0.15) is 12.1 Å². The van der Waals surface area contributed by atoms with E-state index in [9.17, 15) is 14.4 Å². The number of para-hydroxylation sites is 1. The van der Waals surface area contributed by atoms with Gasteiger partial charge in [0.2, 0.25) is 5.91 Å². The van der Waals surface area contributed by atoms with Crippen molar-refractivity contribution in [3.63, 3.8) is 0 Å². The molecule has 1 aromatic heterocycles. The summed E-state index contributed by atoms with van der Waals surface area (Å²) in [6, 6.07) is 7.09. The van der Waals surface area contributed by atoms with Crippen LogP contribution in [-0.2, 0) is 20.9 Å². The minimum Gasteiger partial charge on any atom is -0.439 e. The highest BCUT2D eigenvalue weighted by atomic mass is 16.6. The fraction of sp³-hybridized carbons (Fsp3) is 0.357. The van der Waals surface area contributed by atoms with Gasteiger partial charge in [-0.15, -0.1) is 5.10 Å². The highest BCUT2D eigenvalue weighted by Crippen LogP contribution is 2.20. The van der Waals surface area contributed by atoms with E-state index in [1.54, 1.807) is 9.58 Å². The third-order valence-corrected chi connectivity index (χ3v) is 4.07. The average molecular weight is 315 g/mol. The molecule has 0 aliphatic carbocycles. The molecule has 0 atom stereocenters. The predicted octanol–water partition coefficient (Wildman–Crippen LogP) is -0.379. The maximum absolute atomic E-state index is 12.3. The van der Waals surface area contributed by atoms with Crippen LogP contribution in [0.4, 0.5) is 4.79 Å². The minimum absolute atomic E-state index is 0.0750. The summed E-state index contributed by atoms with van der Waals surface area (Å²) >= 11 is 0. The second-order valence-electron chi connectivity index (χ2n) is 5.51. The number of carbonyl (C=O) groups excluding carboxylic acids is 3. The molecule has 2 aliphatic heterocycles. The van der Waals surface area contributed by atoms with E-state index in [2.05, 4.69) is 15.0 Å². The van der Waals surface area contributed by atoms with Gasteiger partial charge in [-0.3, -0.25) is 9.59 Å². The molecule has 3 heterocycles. The van der Waals surface area contributed by atoms with Crippen LogP contribution in [0.15, 0.2) is 24.3 Å². The van der Waals surface area contributed by atoms with Crippen LogP contribution in [0.25, 0.3) is 11.0 Å². The van der Waals surface area contributed by atoms with E-state index in [0.29, 0.717) is 13.1 Å². The molecule has 0 spiro atoms. The monoisotopic (exact) mass is 315 g/mol. The fourth-order valence-corrected chi connectivity index (χ4v) is 2.80. The van der Waals surface area contributed by atoms with E-state index in [4.69, 9.17) is 0 Å². The lowest BCUT2D eigenvalue weighted by Crippen LogP contribution is -2.62. The maximum Gasteiger partial charge on any atom is 0.417 e. The number of aromatic nitrogens is 3. The Bertz CT molecular complexity index is 794. The molecule has 1 aromatic carbocycles. The van der Waals surface area contributed by atoms with Crippen molar-refractivity contribution in [1.29, 1.82) is 0 Å². The van der Waals surface area contributed by atoms with Gasteiger partial charge < -0.3 is 9.64 Å². The van der Waals surface area contributed by atoms with Gasteiger partial charge in [-0.25, -0.2) is 14.4 Å². The van der Waals surface area contributed by atoms with Gasteiger partial charge in [-0.2, -0.15) is 0 Å². The highest BCUT2D eigenvalue weighted by molar-refractivity contribution is 5.98. The number of ether oxygens (including phenoxy) is 1. The number of hydrogen-bond acceptors (Lipinski definition) is 6. The zero-order chi connectivity index (χ0) is 16.0. The lowest BCUT2D eigenvalue weighted by atomic mass is 10.1. The Morgan fingerprint density at radius 1 is 1.26 bits per heavy atom. The summed E-state index contributed by atoms with van der Waals surface area (Å²) in [4.78, 5) is 38.0. The predicted molar refractivity (Wildman–Crippen MR) is 76.1 cm³/mol. The zero-order valence-electron chi connectivity index (χ0n) is 12.1. The first kappa shape index (κ1) is 13.7. The number of rotatable bonds is 3. The fourth-order valence-electron chi connectivity index (χ4n) is 2.80. The van der Waals surface area contributed by atoms with Crippen molar-refractivity contribution in [1.82, 2.24) is 24.8 Å². The van der Waals surface area contributed by atoms with Crippen molar-refractivity contribution in [2.75, 3.05) is 19.7 Å². The van der Waals surface area contributed by atoms with Crippen molar-refractivity contribution in [3.05, 3.63) is 24.3 Å². The summed E-state index contributed by atoms with van der Waals surface area (Å²) in [5.41, 5.74) is 1.52. The molecule has 0 unspecified atom stereocenters. The molecule has 2 aromatic rings. The number of nitrogens with zero attached hydrogens (tertiary/aromatic N) is 5. The summed E-state index contributed by atoms with van der Waals surface area (Å²) in [5, 5.41) is 7.98. The maximum atomic E-state index is 12.3. The van der Waals surface area contributed by atoms with Gasteiger partial charge in [-0.1, -0.05) is 17.3 Å². The topological polar surface area (TPSA) is 97.6 Å². The summed E-state index contributed by atoms with van der Waals surface area (Å²) in [7, 11) is 0. The van der Waals surface area contributed by atoms with Gasteiger partial charge in [-0.05, 0) is 12.1 Å². The van der Waals surface area contributed by atoms with Crippen LogP contribution >= 0.6 is 0 Å². The van der Waals surface area contributed by atoms with E-state index < -0.39 is 6.09 Å². The second-order valence-corrected chi connectivity index (χ2v) is 5.51. The molecule has 2 fully saturated rings. The standard InChI is InChI=1S/C14H13N5O4/c20-12(7-18-11-4-2-1-3-10(11)15-16-18)17-5-9(6-17)19-13(21)8-23-14(19)22/h1-4,9H,5-8H2. The molecule has 0 N–H and O–H groups in total. The number of fused-ring (bicyclic) bond motifs is 1. The van der Waals surface area contributed by atoms with E-state index in [0.717, 1.165) is 15.9 Å². The van der Waals surface area contributed by atoms with E-state index in [1.807, 2.05) is 24.3 Å². The molecule has 23 heavy (non-hydrogen) atoms. The number of hydrogen-bond donors (Lipinski definition) is 0. The largest absolute Gasteiger partial charge is 0.439 e. The number of likely N-dealkylation sites (tertiary alicyclic amines) is 1. The molecular formula is C14H13N5O4. The van der Waals surface area contributed by atoms with Crippen molar-refractivity contribution >= 4 is 28.9 Å². The molecule has 0 saturated carbocycles. The molecule has 118 valence electrons. The van der Waals surface area contributed by atoms with Gasteiger partial charge in [0.15, 0.2) is 6.61 Å².